The summed E-state index contributed by atoms with van der Waals surface area (Å²) in [7, 11) is 0. The van der Waals surface area contributed by atoms with Gasteiger partial charge in [0.2, 0.25) is 0 Å². The second-order valence-corrected chi connectivity index (χ2v) is 5.28. The van der Waals surface area contributed by atoms with Gasteiger partial charge in [-0.3, -0.25) is 0 Å². The van der Waals surface area contributed by atoms with Gasteiger partial charge in [0, 0.05) is 11.1 Å². The van der Waals surface area contributed by atoms with Crippen LogP contribution in [-0.2, 0) is 16.1 Å². The van der Waals surface area contributed by atoms with Crippen molar-refractivity contribution < 1.29 is 14.6 Å². The third-order valence-electron chi connectivity index (χ3n) is 2.06. The molecule has 0 spiro atoms. The number of hydrogen-bond acceptors (Lipinski definition) is 3. The average molecular weight is 269 g/mol. The molecule has 0 aliphatic rings. The summed E-state index contributed by atoms with van der Waals surface area (Å²) in [6.07, 6.45) is 2.99. The van der Waals surface area contributed by atoms with Gasteiger partial charge in [-0.05, 0) is 50.1 Å². The highest BCUT2D eigenvalue weighted by Gasteiger charge is 2.13. The first-order valence-electron chi connectivity index (χ1n) is 5.62. The van der Waals surface area contributed by atoms with E-state index in [0.29, 0.717) is 10.6 Å². The molecule has 0 fully saturated rings. The van der Waals surface area contributed by atoms with Crippen LogP contribution in [0.5, 0.6) is 0 Å². The van der Waals surface area contributed by atoms with Crippen molar-refractivity contribution in [3.05, 3.63) is 40.4 Å². The Kier molecular flexibility index (Phi) is 4.93. The van der Waals surface area contributed by atoms with E-state index in [-0.39, 0.29) is 6.61 Å². The maximum absolute atomic E-state index is 11.5. The molecule has 4 heteroatoms. The number of benzene rings is 1. The molecule has 0 saturated carbocycles. The van der Waals surface area contributed by atoms with Gasteiger partial charge in [0.25, 0.3) is 0 Å². The van der Waals surface area contributed by atoms with Crippen LogP contribution in [-0.4, -0.2) is 16.7 Å². The Morgan fingerprint density at radius 3 is 2.67 bits per heavy atom. The van der Waals surface area contributed by atoms with Crippen molar-refractivity contribution in [3.63, 3.8) is 0 Å². The molecular weight excluding hydrogens is 252 g/mol. The van der Waals surface area contributed by atoms with E-state index in [0.717, 1.165) is 5.56 Å². The van der Waals surface area contributed by atoms with Crippen LogP contribution in [0.1, 0.15) is 31.9 Å². The average Bonchev–Trinajstić information content (AvgIpc) is 2.25. The van der Waals surface area contributed by atoms with Gasteiger partial charge in [-0.15, -0.1) is 0 Å². The topological polar surface area (TPSA) is 46.5 Å². The molecule has 0 amide bonds. The van der Waals surface area contributed by atoms with Gasteiger partial charge in [-0.1, -0.05) is 17.7 Å². The summed E-state index contributed by atoms with van der Waals surface area (Å²) in [6.45, 7) is 5.30. The smallest absolute Gasteiger partial charge is 0.331 e. The van der Waals surface area contributed by atoms with Gasteiger partial charge in [0.05, 0.1) is 6.61 Å². The Bertz CT molecular complexity index is 459. The number of hydrogen-bond donors (Lipinski definition) is 1. The molecule has 0 aromatic heterocycles. The van der Waals surface area contributed by atoms with Crippen LogP contribution in [0.3, 0.4) is 0 Å². The molecule has 0 bridgehead atoms. The van der Waals surface area contributed by atoms with Crippen molar-refractivity contribution in [2.45, 2.75) is 33.0 Å². The van der Waals surface area contributed by atoms with Crippen molar-refractivity contribution in [1.29, 1.82) is 0 Å². The van der Waals surface area contributed by atoms with E-state index in [2.05, 4.69) is 0 Å². The predicted octanol–water partition coefficient (Wildman–Crippen LogP) is 3.19. The van der Waals surface area contributed by atoms with E-state index >= 15 is 0 Å². The molecule has 1 N–H and O–H groups in total. The van der Waals surface area contributed by atoms with E-state index in [1.807, 2.05) is 20.8 Å². The molecule has 1 rings (SSSR count). The number of rotatable bonds is 3. The monoisotopic (exact) mass is 268 g/mol. The first-order valence-corrected chi connectivity index (χ1v) is 6.00. The molecule has 0 aliphatic carbocycles. The molecule has 0 heterocycles. The number of halogens is 1. The normalized spacial score (nSPS) is 11.8. The zero-order chi connectivity index (χ0) is 13.8. The summed E-state index contributed by atoms with van der Waals surface area (Å²) in [5, 5.41) is 9.58. The fourth-order valence-corrected chi connectivity index (χ4v) is 1.50. The van der Waals surface area contributed by atoms with Crippen LogP contribution in [0.15, 0.2) is 24.3 Å². The van der Waals surface area contributed by atoms with Crippen LogP contribution in [0, 0.1) is 0 Å². The largest absolute Gasteiger partial charge is 0.457 e. The quantitative estimate of drug-likeness (QED) is 0.676. The zero-order valence-corrected chi connectivity index (χ0v) is 11.5. The fourth-order valence-electron chi connectivity index (χ4n) is 1.32. The molecule has 1 aromatic rings. The SMILES string of the molecule is CC(C)(C)OC(=O)/C=C/c1ccc(Cl)c(CO)c1. The summed E-state index contributed by atoms with van der Waals surface area (Å²) in [6, 6.07) is 5.17. The lowest BCUT2D eigenvalue weighted by atomic mass is 10.1. The maximum atomic E-state index is 11.5. The lowest BCUT2D eigenvalue weighted by molar-refractivity contribution is -0.148. The number of carbonyl (C=O) groups is 1. The molecule has 98 valence electrons. The first-order chi connectivity index (χ1) is 8.31. The maximum Gasteiger partial charge on any atom is 0.331 e. The van der Waals surface area contributed by atoms with Crippen molar-refractivity contribution in [2.75, 3.05) is 0 Å². The molecule has 18 heavy (non-hydrogen) atoms. The second kappa shape index (κ2) is 6.03. The summed E-state index contributed by atoms with van der Waals surface area (Å²) >= 11 is 5.87. The van der Waals surface area contributed by atoms with Crippen LogP contribution in [0.4, 0.5) is 0 Å². The highest BCUT2D eigenvalue weighted by Crippen LogP contribution is 2.18. The second-order valence-electron chi connectivity index (χ2n) is 4.88. The number of aliphatic hydroxyl groups is 1. The third-order valence-corrected chi connectivity index (χ3v) is 2.43. The van der Waals surface area contributed by atoms with E-state index < -0.39 is 11.6 Å². The molecule has 0 radical (unpaired) electrons. The number of ether oxygens (including phenoxy) is 1. The van der Waals surface area contributed by atoms with Crippen molar-refractivity contribution in [1.82, 2.24) is 0 Å². The highest BCUT2D eigenvalue weighted by molar-refractivity contribution is 6.31. The van der Waals surface area contributed by atoms with Crippen LogP contribution in [0.25, 0.3) is 6.08 Å². The number of aliphatic hydroxyl groups excluding tert-OH is 1. The minimum absolute atomic E-state index is 0.132. The Balaban J connectivity index is 2.76. The molecular formula is C14H17ClO3. The van der Waals surface area contributed by atoms with Gasteiger partial charge in [-0.25, -0.2) is 4.79 Å². The Hall–Kier alpha value is -1.32. The van der Waals surface area contributed by atoms with Gasteiger partial charge in [-0.2, -0.15) is 0 Å². The highest BCUT2D eigenvalue weighted by atomic mass is 35.5. The summed E-state index contributed by atoms with van der Waals surface area (Å²) in [5.41, 5.74) is 0.912. The first kappa shape index (κ1) is 14.7. The summed E-state index contributed by atoms with van der Waals surface area (Å²) in [5.74, 6) is -0.400. The fraction of sp³-hybridized carbons (Fsp3) is 0.357. The summed E-state index contributed by atoms with van der Waals surface area (Å²) in [4.78, 5) is 11.5. The van der Waals surface area contributed by atoms with Crippen molar-refractivity contribution >= 4 is 23.6 Å². The van der Waals surface area contributed by atoms with Crippen molar-refractivity contribution in [2.24, 2.45) is 0 Å². The standard InChI is InChI=1S/C14H17ClO3/c1-14(2,3)18-13(17)7-5-10-4-6-12(15)11(8-10)9-16/h4-8,16H,9H2,1-3H3/b7-5+. The van der Waals surface area contributed by atoms with Gasteiger partial charge in [0.1, 0.15) is 5.60 Å². The van der Waals surface area contributed by atoms with E-state index in [4.69, 9.17) is 21.4 Å². The molecule has 3 nitrogen and oxygen atoms in total. The lowest BCUT2D eigenvalue weighted by Crippen LogP contribution is -2.22. The Morgan fingerprint density at radius 1 is 1.44 bits per heavy atom. The minimum atomic E-state index is -0.502. The van der Waals surface area contributed by atoms with E-state index in [9.17, 15) is 4.79 Å². The Morgan fingerprint density at radius 2 is 2.11 bits per heavy atom. The van der Waals surface area contributed by atoms with Crippen LogP contribution < -0.4 is 0 Å². The molecule has 0 unspecified atom stereocenters. The molecule has 0 saturated heterocycles. The van der Waals surface area contributed by atoms with Crippen molar-refractivity contribution in [3.8, 4) is 0 Å². The van der Waals surface area contributed by atoms with Crippen LogP contribution >= 0.6 is 11.6 Å². The number of carbonyl (C=O) groups excluding carboxylic acids is 1. The Labute approximate surface area is 112 Å². The minimum Gasteiger partial charge on any atom is -0.457 e. The van der Waals surface area contributed by atoms with E-state index in [1.54, 1.807) is 24.3 Å². The lowest BCUT2D eigenvalue weighted by Gasteiger charge is -2.17. The molecule has 0 aliphatic heterocycles. The van der Waals surface area contributed by atoms with Gasteiger partial charge in [0.15, 0.2) is 0 Å². The van der Waals surface area contributed by atoms with Gasteiger partial charge >= 0.3 is 5.97 Å². The number of esters is 1. The van der Waals surface area contributed by atoms with Crippen LogP contribution in [0.2, 0.25) is 5.02 Å². The van der Waals surface area contributed by atoms with Gasteiger partial charge < -0.3 is 9.84 Å². The van der Waals surface area contributed by atoms with E-state index in [1.165, 1.54) is 6.08 Å². The molecule has 0 atom stereocenters. The third kappa shape index (κ3) is 4.90. The molecule has 1 aromatic carbocycles. The zero-order valence-electron chi connectivity index (χ0n) is 10.7. The predicted molar refractivity (Wildman–Crippen MR) is 72.3 cm³/mol. The summed E-state index contributed by atoms with van der Waals surface area (Å²) < 4.78 is 5.14.